The number of methoxy groups -OCH3 is 1. The van der Waals surface area contributed by atoms with Crippen LogP contribution in [-0.4, -0.2) is 18.8 Å². The van der Waals surface area contributed by atoms with Gasteiger partial charge in [-0.05, 0) is 12.1 Å². The molecule has 3 rings (SSSR count). The molecule has 5 heteroatoms. The minimum absolute atomic E-state index is 0.0148. The lowest BCUT2D eigenvalue weighted by molar-refractivity contribution is -0.125. The second-order valence-electron chi connectivity index (χ2n) is 4.69. The molecule has 1 unspecified atom stereocenters. The van der Waals surface area contributed by atoms with E-state index in [1.54, 1.807) is 30.3 Å². The number of halogens is 1. The average molecular weight is 285 g/mol. The quantitative estimate of drug-likeness (QED) is 0.863. The van der Waals surface area contributed by atoms with Crippen molar-refractivity contribution in [3.8, 4) is 5.75 Å². The van der Waals surface area contributed by atoms with E-state index in [4.69, 9.17) is 4.74 Å². The molecule has 0 aliphatic carbocycles. The van der Waals surface area contributed by atoms with Crippen molar-refractivity contribution in [2.75, 3.05) is 12.4 Å². The van der Waals surface area contributed by atoms with Gasteiger partial charge >= 0.3 is 0 Å². The Labute approximate surface area is 120 Å². The molecule has 1 N–H and O–H groups in total. The molecule has 1 aliphatic heterocycles. The van der Waals surface area contributed by atoms with Crippen LogP contribution in [0.5, 0.6) is 5.75 Å². The molecule has 0 bridgehead atoms. The van der Waals surface area contributed by atoms with Crippen LogP contribution in [0.15, 0.2) is 48.5 Å². The maximum atomic E-state index is 15.2. The van der Waals surface area contributed by atoms with E-state index in [0.29, 0.717) is 5.75 Å². The van der Waals surface area contributed by atoms with Gasteiger partial charge in [0.2, 0.25) is 5.78 Å². The summed E-state index contributed by atoms with van der Waals surface area (Å²) in [6.07, 6.45) is 0. The van der Waals surface area contributed by atoms with Crippen LogP contribution in [-0.2, 0) is 10.5 Å². The first kappa shape index (κ1) is 13.3. The van der Waals surface area contributed by atoms with Gasteiger partial charge in [-0.3, -0.25) is 9.59 Å². The number of Topliss-reactive ketones (excluding diaryl/α,β-unsaturated/α-hetero) is 1. The molecule has 0 radical (unpaired) electrons. The molecule has 2 aromatic carbocycles. The van der Waals surface area contributed by atoms with Crippen LogP contribution in [0.1, 0.15) is 15.9 Å². The summed E-state index contributed by atoms with van der Waals surface area (Å²) in [4.78, 5) is 24.7. The zero-order valence-corrected chi connectivity index (χ0v) is 11.2. The Hall–Kier alpha value is -2.69. The van der Waals surface area contributed by atoms with Crippen molar-refractivity contribution in [3.05, 3.63) is 59.7 Å². The number of ether oxygens (including phenoxy) is 1. The smallest absolute Gasteiger partial charge is 0.275 e. The standard InChI is InChI=1S/C16H12FNO3/c1-21-12-9-5-8-11-13(12)18-15(20)16(17,14(11)19)10-6-3-2-4-7-10/h2-9H,1H3,(H,18,20). The third kappa shape index (κ3) is 1.81. The average Bonchev–Trinajstić information content (AvgIpc) is 2.53. The summed E-state index contributed by atoms with van der Waals surface area (Å²) in [5.41, 5.74) is -2.40. The van der Waals surface area contributed by atoms with Gasteiger partial charge in [-0.2, -0.15) is 0 Å². The molecule has 4 nitrogen and oxygen atoms in total. The minimum atomic E-state index is -2.72. The zero-order chi connectivity index (χ0) is 15.0. The first-order valence-corrected chi connectivity index (χ1v) is 6.36. The second kappa shape index (κ2) is 4.70. The number of rotatable bonds is 2. The third-order valence-electron chi connectivity index (χ3n) is 3.53. The van der Waals surface area contributed by atoms with Gasteiger partial charge in [0.25, 0.3) is 11.6 Å². The fraction of sp³-hybridized carbons (Fsp3) is 0.125. The maximum absolute atomic E-state index is 15.2. The molecule has 1 aliphatic rings. The molecule has 0 aromatic heterocycles. The van der Waals surface area contributed by atoms with E-state index in [1.807, 2.05) is 0 Å². The van der Waals surface area contributed by atoms with E-state index in [2.05, 4.69) is 5.32 Å². The molecule has 1 heterocycles. The van der Waals surface area contributed by atoms with Crippen molar-refractivity contribution in [3.63, 3.8) is 0 Å². The monoisotopic (exact) mass is 285 g/mol. The number of ketones is 1. The van der Waals surface area contributed by atoms with Crippen molar-refractivity contribution in [2.24, 2.45) is 0 Å². The van der Waals surface area contributed by atoms with Crippen LogP contribution >= 0.6 is 0 Å². The highest BCUT2D eigenvalue weighted by Crippen LogP contribution is 2.41. The minimum Gasteiger partial charge on any atom is -0.495 e. The number of para-hydroxylation sites is 1. The van der Waals surface area contributed by atoms with Gasteiger partial charge in [0.1, 0.15) is 5.75 Å². The van der Waals surface area contributed by atoms with Crippen LogP contribution in [0, 0.1) is 0 Å². The lowest BCUT2D eigenvalue weighted by Gasteiger charge is -2.30. The molecular formula is C16H12FNO3. The van der Waals surface area contributed by atoms with E-state index >= 15 is 4.39 Å². The van der Waals surface area contributed by atoms with Crippen molar-refractivity contribution in [1.82, 2.24) is 0 Å². The Bertz CT molecular complexity index is 730. The molecule has 0 saturated carbocycles. The number of hydrogen-bond acceptors (Lipinski definition) is 3. The lowest BCUT2D eigenvalue weighted by Crippen LogP contribution is -2.47. The maximum Gasteiger partial charge on any atom is 0.275 e. The Kier molecular flexibility index (Phi) is 2.97. The molecular weight excluding hydrogens is 273 g/mol. The number of amides is 1. The summed E-state index contributed by atoms with van der Waals surface area (Å²) < 4.78 is 20.3. The van der Waals surface area contributed by atoms with E-state index < -0.39 is 17.4 Å². The summed E-state index contributed by atoms with van der Waals surface area (Å²) in [7, 11) is 1.42. The topological polar surface area (TPSA) is 55.4 Å². The largest absolute Gasteiger partial charge is 0.495 e. The number of fused-ring (bicyclic) bond motifs is 1. The Morgan fingerprint density at radius 3 is 2.43 bits per heavy atom. The number of alkyl halides is 1. The lowest BCUT2D eigenvalue weighted by atomic mass is 9.83. The highest BCUT2D eigenvalue weighted by atomic mass is 19.1. The summed E-state index contributed by atoms with van der Waals surface area (Å²) in [5.74, 6) is -1.56. The Balaban J connectivity index is 2.19. The first-order valence-electron chi connectivity index (χ1n) is 6.36. The van der Waals surface area contributed by atoms with E-state index in [1.165, 1.54) is 25.3 Å². The number of hydrogen-bond donors (Lipinski definition) is 1. The summed E-state index contributed by atoms with van der Waals surface area (Å²) in [6, 6.07) is 12.3. The van der Waals surface area contributed by atoms with Crippen molar-refractivity contribution >= 4 is 17.4 Å². The number of carbonyl (C=O) groups is 2. The van der Waals surface area contributed by atoms with Gasteiger partial charge in [0.05, 0.1) is 12.8 Å². The number of nitrogens with one attached hydrogen (secondary N) is 1. The normalized spacial score (nSPS) is 20.7. The third-order valence-corrected chi connectivity index (χ3v) is 3.53. The fourth-order valence-corrected chi connectivity index (χ4v) is 2.44. The number of anilines is 1. The van der Waals surface area contributed by atoms with Crippen molar-refractivity contribution in [2.45, 2.75) is 5.67 Å². The van der Waals surface area contributed by atoms with E-state index in [0.717, 1.165) is 0 Å². The van der Waals surface area contributed by atoms with Crippen LogP contribution in [0.2, 0.25) is 0 Å². The van der Waals surface area contributed by atoms with Crippen LogP contribution < -0.4 is 10.1 Å². The number of benzene rings is 2. The molecule has 106 valence electrons. The SMILES string of the molecule is COc1cccc2c1NC(=O)C(F)(c1ccccc1)C2=O. The van der Waals surface area contributed by atoms with Gasteiger partial charge in [0.15, 0.2) is 0 Å². The van der Waals surface area contributed by atoms with Crippen LogP contribution in [0.25, 0.3) is 0 Å². The van der Waals surface area contributed by atoms with Gasteiger partial charge < -0.3 is 10.1 Å². The van der Waals surface area contributed by atoms with Crippen molar-refractivity contribution in [1.29, 1.82) is 0 Å². The van der Waals surface area contributed by atoms with Gasteiger partial charge in [-0.25, -0.2) is 4.39 Å². The predicted octanol–water partition coefficient (Wildman–Crippen LogP) is 2.70. The van der Waals surface area contributed by atoms with Gasteiger partial charge in [0, 0.05) is 11.1 Å². The van der Waals surface area contributed by atoms with Crippen molar-refractivity contribution < 1.29 is 18.7 Å². The highest BCUT2D eigenvalue weighted by Gasteiger charge is 2.52. The first-order chi connectivity index (χ1) is 10.1. The number of carbonyl (C=O) groups excluding carboxylic acids is 2. The molecule has 2 aromatic rings. The van der Waals surface area contributed by atoms with E-state index in [9.17, 15) is 9.59 Å². The zero-order valence-electron chi connectivity index (χ0n) is 11.2. The van der Waals surface area contributed by atoms with Crippen LogP contribution in [0.3, 0.4) is 0 Å². The summed E-state index contributed by atoms with van der Waals surface area (Å²) in [6.45, 7) is 0. The molecule has 21 heavy (non-hydrogen) atoms. The highest BCUT2D eigenvalue weighted by molar-refractivity contribution is 6.27. The molecule has 1 atom stereocenters. The van der Waals surface area contributed by atoms with Gasteiger partial charge in [-0.1, -0.05) is 36.4 Å². The summed E-state index contributed by atoms with van der Waals surface area (Å²) >= 11 is 0. The Morgan fingerprint density at radius 2 is 1.76 bits per heavy atom. The second-order valence-corrected chi connectivity index (χ2v) is 4.69. The van der Waals surface area contributed by atoms with E-state index in [-0.39, 0.29) is 16.8 Å². The molecule has 1 amide bonds. The molecule has 0 spiro atoms. The summed E-state index contributed by atoms with van der Waals surface area (Å²) in [5, 5.41) is 2.44. The molecule has 0 saturated heterocycles. The van der Waals surface area contributed by atoms with Gasteiger partial charge in [-0.15, -0.1) is 0 Å². The Morgan fingerprint density at radius 1 is 1.05 bits per heavy atom. The predicted molar refractivity (Wildman–Crippen MR) is 75.2 cm³/mol. The van der Waals surface area contributed by atoms with Crippen LogP contribution in [0.4, 0.5) is 10.1 Å². The molecule has 0 fully saturated rings. The fourth-order valence-electron chi connectivity index (χ4n) is 2.44.